The number of alkyl carbamates (subject to hydrolysis) is 1. The Balaban J connectivity index is 1.87. The third kappa shape index (κ3) is 4.52. The third-order valence-electron chi connectivity index (χ3n) is 5.17. The Morgan fingerprint density at radius 1 is 1.35 bits per heavy atom. The topological polar surface area (TPSA) is 120 Å². The van der Waals surface area contributed by atoms with Crippen molar-refractivity contribution < 1.29 is 19.1 Å². The fourth-order valence-electron chi connectivity index (χ4n) is 3.31. The molecular weight excluding hydrogens is 436 g/mol. The summed E-state index contributed by atoms with van der Waals surface area (Å²) in [5.41, 5.74) is 0.321. The van der Waals surface area contributed by atoms with E-state index >= 15 is 0 Å². The second-order valence-corrected chi connectivity index (χ2v) is 8.72. The molecule has 3 N–H and O–H groups in total. The first-order valence-electron chi connectivity index (χ1n) is 9.62. The highest BCUT2D eigenvalue weighted by molar-refractivity contribution is 7.80. The SMILES string of the molecule is CCOC(=O)NC(=O)c1c(NC(=O)C2(Nc3ccccc3S)CC2C)sc(C#N)c1C. The smallest absolute Gasteiger partial charge is 0.414 e. The second-order valence-electron chi connectivity index (χ2n) is 7.22. The van der Waals surface area contributed by atoms with Gasteiger partial charge in [-0.15, -0.1) is 24.0 Å². The molecule has 2 atom stereocenters. The third-order valence-corrected chi connectivity index (χ3v) is 6.67. The number of imide groups is 1. The first-order chi connectivity index (χ1) is 14.7. The number of anilines is 2. The van der Waals surface area contributed by atoms with Gasteiger partial charge in [-0.3, -0.25) is 14.9 Å². The van der Waals surface area contributed by atoms with Crippen molar-refractivity contribution in [3.8, 4) is 6.07 Å². The first-order valence-corrected chi connectivity index (χ1v) is 10.9. The van der Waals surface area contributed by atoms with E-state index in [-0.39, 0.29) is 33.9 Å². The summed E-state index contributed by atoms with van der Waals surface area (Å²) < 4.78 is 4.75. The fraction of sp³-hybridized carbons (Fsp3) is 0.333. The average Bonchev–Trinajstić information content (AvgIpc) is 3.26. The van der Waals surface area contributed by atoms with E-state index in [1.54, 1.807) is 13.8 Å². The average molecular weight is 459 g/mol. The lowest BCUT2D eigenvalue weighted by Crippen LogP contribution is -2.39. The molecule has 1 aromatic carbocycles. The molecule has 0 aliphatic heterocycles. The number of hydrogen-bond donors (Lipinski definition) is 4. The van der Waals surface area contributed by atoms with Crippen LogP contribution >= 0.6 is 24.0 Å². The summed E-state index contributed by atoms with van der Waals surface area (Å²) in [6, 6.07) is 9.38. The van der Waals surface area contributed by atoms with Gasteiger partial charge in [-0.25, -0.2) is 4.79 Å². The quantitative estimate of drug-likeness (QED) is 0.487. The number of para-hydroxylation sites is 1. The van der Waals surface area contributed by atoms with Gasteiger partial charge in [-0.2, -0.15) is 5.26 Å². The van der Waals surface area contributed by atoms with Crippen LogP contribution in [-0.2, 0) is 9.53 Å². The van der Waals surface area contributed by atoms with Gasteiger partial charge in [-0.1, -0.05) is 19.1 Å². The van der Waals surface area contributed by atoms with Crippen LogP contribution in [0.3, 0.4) is 0 Å². The number of nitrogens with zero attached hydrogens (tertiary/aromatic N) is 1. The van der Waals surface area contributed by atoms with E-state index in [2.05, 4.69) is 28.6 Å². The van der Waals surface area contributed by atoms with Crippen molar-refractivity contribution in [2.24, 2.45) is 5.92 Å². The van der Waals surface area contributed by atoms with Gasteiger partial charge in [0.15, 0.2) is 0 Å². The summed E-state index contributed by atoms with van der Waals surface area (Å²) in [5.74, 6) is -1.02. The van der Waals surface area contributed by atoms with Gasteiger partial charge in [0, 0.05) is 10.6 Å². The molecule has 1 heterocycles. The number of amides is 3. The molecule has 1 saturated carbocycles. The van der Waals surface area contributed by atoms with Crippen molar-refractivity contribution in [1.82, 2.24) is 5.32 Å². The highest BCUT2D eigenvalue weighted by Gasteiger charge is 2.58. The van der Waals surface area contributed by atoms with Crippen LogP contribution in [0.25, 0.3) is 0 Å². The van der Waals surface area contributed by atoms with E-state index < -0.39 is 17.5 Å². The van der Waals surface area contributed by atoms with Crippen molar-refractivity contribution in [2.75, 3.05) is 17.2 Å². The summed E-state index contributed by atoms with van der Waals surface area (Å²) in [7, 11) is 0. The van der Waals surface area contributed by atoms with Crippen molar-refractivity contribution in [2.45, 2.75) is 37.6 Å². The largest absolute Gasteiger partial charge is 0.450 e. The minimum absolute atomic E-state index is 0.0498. The number of hydrogen-bond acceptors (Lipinski definition) is 8. The number of nitriles is 1. The molecule has 1 aliphatic rings. The van der Waals surface area contributed by atoms with Crippen molar-refractivity contribution in [1.29, 1.82) is 5.26 Å². The van der Waals surface area contributed by atoms with Crippen LogP contribution in [-0.4, -0.2) is 30.1 Å². The zero-order chi connectivity index (χ0) is 22.8. The maximum Gasteiger partial charge on any atom is 0.414 e. The van der Waals surface area contributed by atoms with Crippen molar-refractivity contribution in [3.63, 3.8) is 0 Å². The number of nitrogens with one attached hydrogen (secondary N) is 3. The van der Waals surface area contributed by atoms with E-state index in [1.165, 1.54) is 0 Å². The first kappa shape index (κ1) is 22.7. The second kappa shape index (κ2) is 8.99. The molecule has 0 bridgehead atoms. The van der Waals surface area contributed by atoms with Crippen LogP contribution < -0.4 is 16.0 Å². The minimum Gasteiger partial charge on any atom is -0.450 e. The van der Waals surface area contributed by atoms with E-state index in [0.717, 1.165) is 17.0 Å². The Morgan fingerprint density at radius 2 is 2.03 bits per heavy atom. The molecule has 3 amide bonds. The van der Waals surface area contributed by atoms with E-state index in [0.29, 0.717) is 16.9 Å². The highest BCUT2D eigenvalue weighted by Crippen LogP contribution is 2.48. The lowest BCUT2D eigenvalue weighted by atomic mass is 10.1. The predicted octanol–water partition coefficient (Wildman–Crippen LogP) is 3.93. The summed E-state index contributed by atoms with van der Waals surface area (Å²) in [6.45, 7) is 5.26. The molecule has 3 rings (SSSR count). The van der Waals surface area contributed by atoms with E-state index in [4.69, 9.17) is 4.74 Å². The number of rotatable bonds is 6. The molecular formula is C21H22N4O4S2. The summed E-state index contributed by atoms with van der Waals surface area (Å²) >= 11 is 5.42. The lowest BCUT2D eigenvalue weighted by molar-refractivity contribution is -0.118. The van der Waals surface area contributed by atoms with Crippen LogP contribution in [0.1, 0.15) is 41.1 Å². The van der Waals surface area contributed by atoms with Gasteiger partial charge in [0.1, 0.15) is 21.5 Å². The molecule has 10 heteroatoms. The minimum atomic E-state index is -0.895. The number of thiol groups is 1. The van der Waals surface area contributed by atoms with Crippen molar-refractivity contribution >= 4 is 52.6 Å². The van der Waals surface area contributed by atoms with E-state index in [9.17, 15) is 19.6 Å². The number of ether oxygens (including phenoxy) is 1. The van der Waals surface area contributed by atoms with Gasteiger partial charge >= 0.3 is 6.09 Å². The Morgan fingerprint density at radius 3 is 2.61 bits per heavy atom. The van der Waals surface area contributed by atoms with Crippen LogP contribution in [0.4, 0.5) is 15.5 Å². The van der Waals surface area contributed by atoms with Crippen LogP contribution in [0.2, 0.25) is 0 Å². The molecule has 1 aliphatic carbocycles. The van der Waals surface area contributed by atoms with Crippen molar-refractivity contribution in [3.05, 3.63) is 40.3 Å². The molecule has 1 aromatic heterocycles. The molecule has 0 spiro atoms. The maximum atomic E-state index is 13.2. The monoisotopic (exact) mass is 458 g/mol. The maximum absolute atomic E-state index is 13.2. The van der Waals surface area contributed by atoms with Gasteiger partial charge in [0.05, 0.1) is 12.2 Å². The standard InChI is InChI=1S/C21H22N4O4S2/c1-4-29-20(28)23-17(26)16-12(3)15(10-22)31-18(16)24-19(27)21(9-11(21)2)25-13-7-5-6-8-14(13)30/h5-8,11,25,30H,4,9H2,1-3H3,(H,24,27)(H,23,26,28). The molecule has 0 saturated heterocycles. The Bertz CT molecular complexity index is 1090. The molecule has 162 valence electrons. The molecule has 2 unspecified atom stereocenters. The highest BCUT2D eigenvalue weighted by atomic mass is 32.1. The van der Waals surface area contributed by atoms with Crippen LogP contribution in [0, 0.1) is 24.2 Å². The molecule has 0 radical (unpaired) electrons. The Labute approximate surface area is 189 Å². The van der Waals surface area contributed by atoms with Gasteiger partial charge in [0.25, 0.3) is 11.8 Å². The Kier molecular flexibility index (Phi) is 6.57. The molecule has 31 heavy (non-hydrogen) atoms. The van der Waals surface area contributed by atoms with Gasteiger partial charge < -0.3 is 15.4 Å². The van der Waals surface area contributed by atoms with Crippen LogP contribution in [0.15, 0.2) is 29.2 Å². The fourth-order valence-corrected chi connectivity index (χ4v) is 4.52. The van der Waals surface area contributed by atoms with Gasteiger partial charge in [-0.05, 0) is 43.9 Å². The number of carbonyl (C=O) groups is 3. The molecule has 8 nitrogen and oxygen atoms in total. The van der Waals surface area contributed by atoms with E-state index in [1.807, 2.05) is 37.3 Å². The summed E-state index contributed by atoms with van der Waals surface area (Å²) in [6.07, 6.45) is -0.297. The Hall–Kier alpha value is -3.03. The predicted molar refractivity (Wildman–Crippen MR) is 121 cm³/mol. The number of thiophene rings is 1. The number of benzene rings is 1. The lowest BCUT2D eigenvalue weighted by Gasteiger charge is -2.21. The molecule has 1 fully saturated rings. The normalized spacial score (nSPS) is 19.1. The summed E-state index contributed by atoms with van der Waals surface area (Å²) in [5, 5.41) is 17.8. The van der Waals surface area contributed by atoms with Crippen LogP contribution in [0.5, 0.6) is 0 Å². The molecule has 2 aromatic rings. The zero-order valence-electron chi connectivity index (χ0n) is 17.2. The zero-order valence-corrected chi connectivity index (χ0v) is 18.9. The summed E-state index contributed by atoms with van der Waals surface area (Å²) in [4.78, 5) is 38.5. The number of carbonyl (C=O) groups excluding carboxylic acids is 3. The van der Waals surface area contributed by atoms with Gasteiger partial charge in [0.2, 0.25) is 0 Å².